The van der Waals surface area contributed by atoms with Crippen LogP contribution in [-0.4, -0.2) is 48.1 Å². The predicted molar refractivity (Wildman–Crippen MR) is 134 cm³/mol. The number of hydrogen-bond acceptors (Lipinski definition) is 4. The summed E-state index contributed by atoms with van der Waals surface area (Å²) in [5.74, 6) is 0.525. The first-order valence-corrected chi connectivity index (χ1v) is 11.6. The van der Waals surface area contributed by atoms with E-state index in [9.17, 15) is 4.39 Å². The van der Waals surface area contributed by atoms with Gasteiger partial charge in [-0.2, -0.15) is 0 Å². The number of benzene rings is 3. The number of thiocarbonyl (C=S) groups is 1. The normalized spacial score (nSPS) is 14.2. The lowest BCUT2D eigenvalue weighted by molar-refractivity contribution is 0.177. The molecule has 4 nitrogen and oxygen atoms in total. The smallest absolute Gasteiger partial charge is 0.180 e. The Bertz CT molecular complexity index is 1100. The van der Waals surface area contributed by atoms with E-state index in [1.54, 1.807) is 31.4 Å². The summed E-state index contributed by atoms with van der Waals surface area (Å²) in [5, 5.41) is 0.380. The average molecular weight is 485 g/mol. The summed E-state index contributed by atoms with van der Waals surface area (Å²) >= 11 is 12.3. The van der Waals surface area contributed by atoms with Crippen LogP contribution in [-0.2, 0) is 13.2 Å². The first kappa shape index (κ1) is 23.5. The molecule has 0 radical (unpaired) electrons. The minimum Gasteiger partial charge on any atom is -0.493 e. The van der Waals surface area contributed by atoms with Crippen molar-refractivity contribution >= 4 is 28.8 Å². The van der Waals surface area contributed by atoms with Crippen LogP contribution in [0.25, 0.3) is 0 Å². The zero-order valence-corrected chi connectivity index (χ0v) is 20.0. The number of halogens is 2. The molecule has 1 fully saturated rings. The fraction of sp³-hybridized carbons (Fsp3) is 0.269. The van der Waals surface area contributed by atoms with Crippen LogP contribution < -0.4 is 9.47 Å². The van der Waals surface area contributed by atoms with Crippen molar-refractivity contribution in [2.24, 2.45) is 0 Å². The van der Waals surface area contributed by atoms with Crippen molar-refractivity contribution in [3.05, 3.63) is 94.3 Å². The Hall–Kier alpha value is -2.67. The Labute approximate surface area is 204 Å². The molecule has 0 bridgehead atoms. The minimum absolute atomic E-state index is 0.0515. The van der Waals surface area contributed by atoms with Gasteiger partial charge in [-0.05, 0) is 23.8 Å². The predicted octanol–water partition coefficient (Wildman–Crippen LogP) is 5.56. The van der Waals surface area contributed by atoms with Crippen molar-refractivity contribution < 1.29 is 13.9 Å². The average Bonchev–Trinajstić information content (AvgIpc) is 2.84. The van der Waals surface area contributed by atoms with Crippen molar-refractivity contribution in [3.63, 3.8) is 0 Å². The van der Waals surface area contributed by atoms with E-state index in [0.717, 1.165) is 43.3 Å². The lowest BCUT2D eigenvalue weighted by atomic mass is 10.1. The Morgan fingerprint density at radius 1 is 1.00 bits per heavy atom. The molecular formula is C26H26ClFN2O2S. The Balaban J connectivity index is 1.41. The van der Waals surface area contributed by atoms with Gasteiger partial charge in [0.05, 0.1) is 12.1 Å². The third-order valence-electron chi connectivity index (χ3n) is 5.71. The topological polar surface area (TPSA) is 24.9 Å². The molecule has 1 heterocycles. The highest BCUT2D eigenvalue weighted by atomic mass is 35.5. The molecule has 0 aliphatic carbocycles. The summed E-state index contributed by atoms with van der Waals surface area (Å²) in [4.78, 5) is 5.36. The van der Waals surface area contributed by atoms with E-state index >= 15 is 0 Å². The van der Waals surface area contributed by atoms with Crippen LogP contribution in [0.5, 0.6) is 11.5 Å². The number of hydrogen-bond donors (Lipinski definition) is 0. The van der Waals surface area contributed by atoms with Gasteiger partial charge in [-0.25, -0.2) is 4.39 Å². The van der Waals surface area contributed by atoms with E-state index in [2.05, 4.69) is 34.1 Å². The van der Waals surface area contributed by atoms with Gasteiger partial charge in [0, 0.05) is 43.9 Å². The number of rotatable bonds is 7. The van der Waals surface area contributed by atoms with Gasteiger partial charge in [-0.15, -0.1) is 0 Å². The standard InChI is InChI=1S/C26H26ClFN2O2S/c1-31-24-16-21(15-22(27)25(24)32-18-20-9-5-6-10-23(20)28)26(33)30-13-11-29(12-14-30)17-19-7-3-2-4-8-19/h2-10,15-16H,11-14,17-18H2,1H3. The second-order valence-corrected chi connectivity index (χ2v) is 8.72. The maximum atomic E-state index is 13.9. The fourth-order valence-electron chi connectivity index (χ4n) is 3.88. The maximum absolute atomic E-state index is 13.9. The number of ether oxygens (including phenoxy) is 2. The van der Waals surface area contributed by atoms with Crippen LogP contribution >= 0.6 is 23.8 Å². The number of piperazine rings is 1. The number of methoxy groups -OCH3 is 1. The number of nitrogens with zero attached hydrogens (tertiary/aromatic N) is 2. The summed E-state index contributed by atoms with van der Waals surface area (Å²) < 4.78 is 25.3. The van der Waals surface area contributed by atoms with Crippen LogP contribution in [0.2, 0.25) is 5.02 Å². The SMILES string of the molecule is COc1cc(C(=S)N2CCN(Cc3ccccc3)CC2)cc(Cl)c1OCc1ccccc1F. The molecule has 1 aliphatic rings. The highest BCUT2D eigenvalue weighted by Crippen LogP contribution is 2.37. The molecule has 0 saturated carbocycles. The van der Waals surface area contributed by atoms with Gasteiger partial charge in [-0.3, -0.25) is 4.90 Å². The molecule has 0 N–H and O–H groups in total. The Kier molecular flexibility index (Phi) is 7.81. The molecule has 3 aromatic rings. The Morgan fingerprint density at radius 2 is 1.70 bits per heavy atom. The van der Waals surface area contributed by atoms with Crippen molar-refractivity contribution in [3.8, 4) is 11.5 Å². The molecule has 1 aliphatic heterocycles. The van der Waals surface area contributed by atoms with Crippen LogP contribution in [0.1, 0.15) is 16.7 Å². The highest BCUT2D eigenvalue weighted by Gasteiger charge is 2.22. The zero-order valence-electron chi connectivity index (χ0n) is 18.5. The highest BCUT2D eigenvalue weighted by molar-refractivity contribution is 7.80. The molecule has 172 valence electrons. The molecule has 1 saturated heterocycles. The summed E-state index contributed by atoms with van der Waals surface area (Å²) in [5.41, 5.74) is 2.57. The van der Waals surface area contributed by atoms with Crippen molar-refractivity contribution in [1.29, 1.82) is 0 Å². The molecule has 3 aromatic carbocycles. The maximum Gasteiger partial charge on any atom is 0.180 e. The van der Waals surface area contributed by atoms with Gasteiger partial charge in [-0.1, -0.05) is 72.3 Å². The molecule has 4 rings (SSSR count). The summed E-state index contributed by atoms with van der Waals surface area (Å²) in [6.07, 6.45) is 0. The van der Waals surface area contributed by atoms with E-state index < -0.39 is 0 Å². The van der Waals surface area contributed by atoms with E-state index in [1.807, 2.05) is 12.1 Å². The fourth-order valence-corrected chi connectivity index (χ4v) is 4.45. The van der Waals surface area contributed by atoms with Gasteiger partial charge in [0.25, 0.3) is 0 Å². The second-order valence-electron chi connectivity index (χ2n) is 7.92. The lowest BCUT2D eigenvalue weighted by Gasteiger charge is -2.36. The van der Waals surface area contributed by atoms with Gasteiger partial charge in [0.2, 0.25) is 0 Å². The lowest BCUT2D eigenvalue weighted by Crippen LogP contribution is -2.48. The largest absolute Gasteiger partial charge is 0.493 e. The minimum atomic E-state index is -0.322. The van der Waals surface area contributed by atoms with Crippen LogP contribution in [0.4, 0.5) is 4.39 Å². The first-order chi connectivity index (χ1) is 16.0. The summed E-state index contributed by atoms with van der Waals surface area (Å²) in [6, 6.07) is 20.6. The van der Waals surface area contributed by atoms with Crippen LogP contribution in [0, 0.1) is 5.82 Å². The summed E-state index contributed by atoms with van der Waals surface area (Å²) in [6.45, 7) is 4.55. The molecule has 0 unspecified atom stereocenters. The summed E-state index contributed by atoms with van der Waals surface area (Å²) in [7, 11) is 1.55. The monoisotopic (exact) mass is 484 g/mol. The van der Waals surface area contributed by atoms with Gasteiger partial charge < -0.3 is 14.4 Å². The Morgan fingerprint density at radius 3 is 2.39 bits per heavy atom. The quantitative estimate of drug-likeness (QED) is 0.409. The van der Waals surface area contributed by atoms with Crippen LogP contribution in [0.15, 0.2) is 66.7 Å². The van der Waals surface area contributed by atoms with Gasteiger partial charge in [0.15, 0.2) is 11.5 Å². The van der Waals surface area contributed by atoms with Gasteiger partial charge >= 0.3 is 0 Å². The first-order valence-electron chi connectivity index (χ1n) is 10.8. The van der Waals surface area contributed by atoms with E-state index in [-0.39, 0.29) is 12.4 Å². The van der Waals surface area contributed by atoms with Crippen LogP contribution in [0.3, 0.4) is 0 Å². The molecule has 33 heavy (non-hydrogen) atoms. The molecular weight excluding hydrogens is 459 g/mol. The van der Waals surface area contributed by atoms with Crippen molar-refractivity contribution in [2.75, 3.05) is 33.3 Å². The molecule has 0 aromatic heterocycles. The molecule has 0 atom stereocenters. The molecule has 7 heteroatoms. The third kappa shape index (κ3) is 5.82. The van der Waals surface area contributed by atoms with Gasteiger partial charge in [0.1, 0.15) is 17.4 Å². The van der Waals surface area contributed by atoms with Crippen molar-refractivity contribution in [1.82, 2.24) is 9.80 Å². The van der Waals surface area contributed by atoms with E-state index in [0.29, 0.717) is 22.1 Å². The molecule has 0 amide bonds. The van der Waals surface area contributed by atoms with E-state index in [1.165, 1.54) is 11.6 Å². The third-order valence-corrected chi connectivity index (χ3v) is 6.49. The van der Waals surface area contributed by atoms with Crippen molar-refractivity contribution in [2.45, 2.75) is 13.2 Å². The molecule has 0 spiro atoms. The van der Waals surface area contributed by atoms with E-state index in [4.69, 9.17) is 33.3 Å². The second kappa shape index (κ2) is 11.0. The zero-order chi connectivity index (χ0) is 23.2.